The van der Waals surface area contributed by atoms with Crippen LogP contribution in [-0.4, -0.2) is 9.97 Å². The molecule has 0 saturated heterocycles. The van der Waals surface area contributed by atoms with Crippen LogP contribution in [-0.2, 0) is 5.41 Å². The van der Waals surface area contributed by atoms with E-state index in [0.29, 0.717) is 0 Å². The average molecular weight is 731 g/mol. The number of nitrogens with zero attached hydrogens (tertiary/aromatic N) is 4. The Morgan fingerprint density at radius 3 is 1.60 bits per heavy atom. The highest BCUT2D eigenvalue weighted by molar-refractivity contribution is 6.19. The molecular weight excluding hydrogens is 693 g/mol. The van der Waals surface area contributed by atoms with Gasteiger partial charge in [0.2, 0.25) is 0 Å². The maximum Gasteiger partial charge on any atom is 0.137 e. The minimum absolute atomic E-state index is 0.277. The van der Waals surface area contributed by atoms with Gasteiger partial charge in [0.25, 0.3) is 0 Å². The average Bonchev–Trinajstić information content (AvgIpc) is 3.27. The van der Waals surface area contributed by atoms with E-state index in [-0.39, 0.29) is 5.41 Å². The lowest BCUT2D eigenvalue weighted by Gasteiger charge is -2.37. The summed E-state index contributed by atoms with van der Waals surface area (Å²) < 4.78 is 0. The number of benzene rings is 8. The first-order chi connectivity index (χ1) is 28.0. The van der Waals surface area contributed by atoms with Gasteiger partial charge in [0.05, 0.1) is 11.4 Å². The molecule has 2 heterocycles. The minimum atomic E-state index is -0.277. The standard InChI is InChI=1S/C53H38N4/c1-53(2)46-22-8-7-21-42(46)44-31-37-27-28-38(56(50-25-9-11-29-54-50)48-23-13-17-35-15-3-5-19-40(35)48)32-43(37)45-33-39(34-47(53)52(44)45)57(51-26-10-12-30-55-51)49-24-14-18-36-16-4-6-20-41(36)49/h3-34H,1-2H3. The smallest absolute Gasteiger partial charge is 0.137 e. The van der Waals surface area contributed by atoms with Gasteiger partial charge in [0.1, 0.15) is 11.6 Å². The molecule has 57 heavy (non-hydrogen) atoms. The number of fused-ring (bicyclic) bond motifs is 6. The van der Waals surface area contributed by atoms with Crippen molar-refractivity contribution in [2.75, 3.05) is 9.80 Å². The van der Waals surface area contributed by atoms with E-state index in [1.165, 1.54) is 65.3 Å². The molecule has 270 valence electrons. The van der Waals surface area contributed by atoms with Gasteiger partial charge in [-0.1, -0.05) is 129 Å². The van der Waals surface area contributed by atoms with Crippen molar-refractivity contribution in [3.63, 3.8) is 0 Å². The molecule has 0 fully saturated rings. The first-order valence-electron chi connectivity index (χ1n) is 19.6. The molecule has 4 nitrogen and oxygen atoms in total. The van der Waals surface area contributed by atoms with Crippen molar-refractivity contribution in [3.8, 4) is 11.1 Å². The van der Waals surface area contributed by atoms with Gasteiger partial charge in [-0.05, 0) is 121 Å². The predicted molar refractivity (Wildman–Crippen MR) is 239 cm³/mol. The maximum absolute atomic E-state index is 4.98. The van der Waals surface area contributed by atoms with Crippen molar-refractivity contribution < 1.29 is 0 Å². The van der Waals surface area contributed by atoms with Crippen molar-refractivity contribution in [1.82, 2.24) is 9.97 Å². The summed E-state index contributed by atoms with van der Waals surface area (Å²) in [6, 6.07) is 65.7. The fourth-order valence-electron chi connectivity index (χ4n) is 9.21. The third-order valence-corrected chi connectivity index (χ3v) is 11.9. The largest absolute Gasteiger partial charge is 0.294 e. The van der Waals surface area contributed by atoms with E-state index in [1.54, 1.807) is 0 Å². The number of hydrogen-bond donors (Lipinski definition) is 0. The molecule has 1 aliphatic rings. The van der Waals surface area contributed by atoms with E-state index < -0.39 is 0 Å². The summed E-state index contributed by atoms with van der Waals surface area (Å²) in [6.07, 6.45) is 3.76. The first kappa shape index (κ1) is 33.1. The first-order valence-corrected chi connectivity index (χ1v) is 19.6. The Kier molecular flexibility index (Phi) is 7.48. The summed E-state index contributed by atoms with van der Waals surface area (Å²) in [5.74, 6) is 1.73. The zero-order valence-electron chi connectivity index (χ0n) is 31.8. The zero-order chi connectivity index (χ0) is 38.1. The van der Waals surface area contributed by atoms with Crippen LogP contribution < -0.4 is 9.80 Å². The van der Waals surface area contributed by atoms with Crippen molar-refractivity contribution in [3.05, 3.63) is 206 Å². The van der Waals surface area contributed by atoms with Crippen molar-refractivity contribution >= 4 is 77.5 Å². The summed E-state index contributed by atoms with van der Waals surface area (Å²) in [4.78, 5) is 14.5. The van der Waals surface area contributed by atoms with Crippen molar-refractivity contribution in [1.29, 1.82) is 0 Å². The monoisotopic (exact) mass is 730 g/mol. The predicted octanol–water partition coefficient (Wildman–Crippen LogP) is 14.3. The molecule has 11 rings (SSSR count). The molecule has 0 bridgehead atoms. The molecule has 0 radical (unpaired) electrons. The quantitative estimate of drug-likeness (QED) is 0.159. The molecule has 0 spiro atoms. The summed E-state index contributed by atoms with van der Waals surface area (Å²) in [5.41, 5.74) is 9.21. The van der Waals surface area contributed by atoms with E-state index in [9.17, 15) is 0 Å². The van der Waals surface area contributed by atoms with Crippen LogP contribution in [0.25, 0.3) is 54.2 Å². The fourth-order valence-corrected chi connectivity index (χ4v) is 9.21. The summed E-state index contributed by atoms with van der Waals surface area (Å²) in [6.45, 7) is 4.75. The SMILES string of the molecule is CC1(C)c2ccccc2-c2cc3ccc(N(c4ccccn4)c4cccc5ccccc45)cc3c3cc(N(c4ccccn4)c4cccc5ccccc45)cc1c23. The minimum Gasteiger partial charge on any atom is -0.294 e. The molecule has 1 aliphatic carbocycles. The zero-order valence-corrected chi connectivity index (χ0v) is 31.8. The van der Waals surface area contributed by atoms with Crippen LogP contribution in [0.5, 0.6) is 0 Å². The molecule has 0 atom stereocenters. The summed E-state index contributed by atoms with van der Waals surface area (Å²) in [5, 5.41) is 9.59. The molecule has 8 aromatic carbocycles. The van der Waals surface area contributed by atoms with Gasteiger partial charge in [-0.3, -0.25) is 9.80 Å². The van der Waals surface area contributed by atoms with Crippen LogP contribution in [0.4, 0.5) is 34.4 Å². The molecule has 10 aromatic rings. The van der Waals surface area contributed by atoms with Gasteiger partial charge in [0.15, 0.2) is 0 Å². The van der Waals surface area contributed by atoms with Gasteiger partial charge in [-0.25, -0.2) is 9.97 Å². The molecule has 0 unspecified atom stereocenters. The fraction of sp³-hybridized carbons (Fsp3) is 0.0566. The van der Waals surface area contributed by atoms with Crippen molar-refractivity contribution in [2.24, 2.45) is 0 Å². The Hall–Kier alpha value is -7.30. The second kappa shape index (κ2) is 12.9. The van der Waals surface area contributed by atoms with Gasteiger partial charge < -0.3 is 0 Å². The van der Waals surface area contributed by atoms with Gasteiger partial charge in [-0.2, -0.15) is 0 Å². The van der Waals surface area contributed by atoms with Crippen molar-refractivity contribution in [2.45, 2.75) is 19.3 Å². The van der Waals surface area contributed by atoms with Gasteiger partial charge in [0, 0.05) is 40.0 Å². The number of aromatic nitrogens is 2. The van der Waals surface area contributed by atoms with Gasteiger partial charge >= 0.3 is 0 Å². The lowest BCUT2D eigenvalue weighted by molar-refractivity contribution is 0.645. The van der Waals surface area contributed by atoms with E-state index in [4.69, 9.17) is 9.97 Å². The van der Waals surface area contributed by atoms with Crippen LogP contribution in [0, 0.1) is 0 Å². The van der Waals surface area contributed by atoms with Crippen LogP contribution in [0.15, 0.2) is 194 Å². The van der Waals surface area contributed by atoms with E-state index in [2.05, 4.69) is 194 Å². The molecule has 4 heteroatoms. The Labute approximate surface area is 331 Å². The third-order valence-electron chi connectivity index (χ3n) is 11.9. The highest BCUT2D eigenvalue weighted by Crippen LogP contribution is 2.53. The number of pyridine rings is 2. The number of anilines is 6. The Bertz CT molecular complexity index is 3160. The Morgan fingerprint density at radius 2 is 0.947 bits per heavy atom. The van der Waals surface area contributed by atoms with E-state index in [1.807, 2.05) is 24.5 Å². The normalized spacial score (nSPS) is 12.9. The topological polar surface area (TPSA) is 32.3 Å². The van der Waals surface area contributed by atoms with Crippen LogP contribution in [0.1, 0.15) is 25.0 Å². The second-order valence-corrected chi connectivity index (χ2v) is 15.5. The molecule has 0 N–H and O–H groups in total. The van der Waals surface area contributed by atoms with E-state index in [0.717, 1.165) is 34.4 Å². The van der Waals surface area contributed by atoms with Crippen LogP contribution in [0.3, 0.4) is 0 Å². The van der Waals surface area contributed by atoms with Crippen LogP contribution >= 0.6 is 0 Å². The number of rotatable bonds is 6. The lowest BCUT2D eigenvalue weighted by Crippen LogP contribution is -2.24. The molecular formula is C53H38N4. The van der Waals surface area contributed by atoms with E-state index >= 15 is 0 Å². The van der Waals surface area contributed by atoms with Crippen LogP contribution in [0.2, 0.25) is 0 Å². The third kappa shape index (κ3) is 5.22. The molecule has 2 aromatic heterocycles. The second-order valence-electron chi connectivity index (χ2n) is 15.5. The highest BCUT2D eigenvalue weighted by Gasteiger charge is 2.35. The lowest BCUT2D eigenvalue weighted by atomic mass is 9.68. The highest BCUT2D eigenvalue weighted by atomic mass is 15.2. The van der Waals surface area contributed by atoms with Gasteiger partial charge in [-0.15, -0.1) is 0 Å². The molecule has 0 saturated carbocycles. The molecule has 0 aliphatic heterocycles. The maximum atomic E-state index is 4.98. The Balaban J connectivity index is 1.25. The number of hydrogen-bond acceptors (Lipinski definition) is 4. The molecule has 0 amide bonds. The summed E-state index contributed by atoms with van der Waals surface area (Å²) >= 11 is 0. The Morgan fingerprint density at radius 1 is 0.386 bits per heavy atom. The summed E-state index contributed by atoms with van der Waals surface area (Å²) in [7, 11) is 0.